The zero-order valence-electron chi connectivity index (χ0n) is 34.1. The number of hydrogen-bond donors (Lipinski definition) is 2. The Morgan fingerprint density at radius 2 is 1.00 bits per heavy atom. The fourth-order valence-electron chi connectivity index (χ4n) is 4.71. The molecule has 8 heteroatoms. The summed E-state index contributed by atoms with van der Waals surface area (Å²) >= 11 is 0. The molecular formula is C42H79BO6P. The molecule has 0 aliphatic rings. The van der Waals surface area contributed by atoms with E-state index >= 15 is 0 Å². The van der Waals surface area contributed by atoms with Crippen LogP contribution in [-0.2, 0) is 19.4 Å². The summed E-state index contributed by atoms with van der Waals surface area (Å²) < 4.78 is 6.05. The molecule has 1 radical (unpaired) electrons. The van der Waals surface area contributed by atoms with Crippen molar-refractivity contribution in [2.45, 2.75) is 194 Å². The Hall–Kier alpha value is -1.37. The van der Waals surface area contributed by atoms with Gasteiger partial charge in [-0.25, -0.2) is 9.78 Å². The maximum Gasteiger partial charge on any atom is 0.158 e. The summed E-state index contributed by atoms with van der Waals surface area (Å²) in [6.07, 6.45) is 42.8. The van der Waals surface area contributed by atoms with Crippen molar-refractivity contribution in [3.05, 3.63) is 48.6 Å². The molecular weight excluding hydrogens is 642 g/mol. The molecule has 0 spiro atoms. The third-order valence-electron chi connectivity index (χ3n) is 7.62. The monoisotopic (exact) mass is 724 g/mol. The van der Waals surface area contributed by atoms with E-state index in [1.807, 2.05) is 20.8 Å². The minimum absolute atomic E-state index is 0.0271. The average molecular weight is 724 g/mol. The first kappa shape index (κ1) is 50.7. The molecule has 0 bridgehead atoms. The van der Waals surface area contributed by atoms with Crippen LogP contribution in [0.25, 0.3) is 0 Å². The molecule has 0 aliphatic heterocycles. The van der Waals surface area contributed by atoms with Gasteiger partial charge in [0.2, 0.25) is 0 Å². The molecule has 0 aromatic rings. The van der Waals surface area contributed by atoms with Crippen LogP contribution in [0.1, 0.15) is 182 Å². The summed E-state index contributed by atoms with van der Waals surface area (Å²) in [4.78, 5) is 32.9. The van der Waals surface area contributed by atoms with Gasteiger partial charge in [-0.3, -0.25) is 9.59 Å². The largest absolute Gasteiger partial charge is 0.389 e. The minimum atomic E-state index is -0.320. The fraction of sp³-hybridized carbons (Fsp3) is 0.762. The number of carbonyl (C=O) groups is 2. The highest BCUT2D eigenvalue weighted by Gasteiger charge is 2.13. The Bertz CT molecular complexity index is 857. The van der Waals surface area contributed by atoms with Crippen molar-refractivity contribution in [2.24, 2.45) is 0 Å². The predicted octanol–water partition coefficient (Wildman–Crippen LogP) is 11.1. The number of aliphatic hydroxyl groups is 2. The van der Waals surface area contributed by atoms with Crippen molar-refractivity contribution in [2.75, 3.05) is 13.2 Å². The Labute approximate surface area is 314 Å². The highest BCUT2D eigenvalue weighted by molar-refractivity contribution is 7.49. The smallest absolute Gasteiger partial charge is 0.158 e. The van der Waals surface area contributed by atoms with Gasteiger partial charge in [-0.15, -0.1) is 0 Å². The fourth-order valence-corrected chi connectivity index (χ4v) is 4.71. The topological polar surface area (TPSA) is 93.1 Å². The lowest BCUT2D eigenvalue weighted by Crippen LogP contribution is -2.22. The van der Waals surface area contributed by atoms with Crippen molar-refractivity contribution in [1.82, 2.24) is 0 Å². The molecule has 6 nitrogen and oxygen atoms in total. The van der Waals surface area contributed by atoms with Crippen LogP contribution >= 0.6 is 9.12 Å². The van der Waals surface area contributed by atoms with Gasteiger partial charge in [0.05, 0.1) is 5.60 Å². The zero-order chi connectivity index (χ0) is 38.7. The van der Waals surface area contributed by atoms with E-state index in [-0.39, 0.29) is 36.5 Å². The Balaban J connectivity index is -0.000000860. The van der Waals surface area contributed by atoms with E-state index in [0.717, 1.165) is 64.2 Å². The van der Waals surface area contributed by atoms with Gasteiger partial charge in [-0.05, 0) is 92.7 Å². The van der Waals surface area contributed by atoms with E-state index in [4.69, 9.17) is 21.3 Å². The Kier molecular flexibility index (Phi) is 44.4. The maximum atomic E-state index is 11.0. The van der Waals surface area contributed by atoms with Gasteiger partial charge in [0, 0.05) is 12.8 Å². The van der Waals surface area contributed by atoms with Crippen molar-refractivity contribution >= 4 is 28.2 Å². The van der Waals surface area contributed by atoms with E-state index in [2.05, 4.69) is 71.6 Å². The Morgan fingerprint density at radius 1 is 0.640 bits per heavy atom. The van der Waals surface area contributed by atoms with E-state index in [9.17, 15) is 9.59 Å². The molecule has 2 N–H and O–H groups in total. The van der Waals surface area contributed by atoms with Gasteiger partial charge in [0.15, 0.2) is 11.6 Å². The second-order valence-electron chi connectivity index (χ2n) is 13.8. The number of unbranched alkanes of at least 4 members (excludes halogenated alkanes) is 16. The number of aliphatic hydroxyl groups excluding tert-OH is 2. The van der Waals surface area contributed by atoms with Crippen LogP contribution in [0, 0.1) is 0 Å². The lowest BCUT2D eigenvalue weighted by Gasteiger charge is -2.20. The molecule has 291 valence electrons. The van der Waals surface area contributed by atoms with Crippen molar-refractivity contribution in [3.63, 3.8) is 0 Å². The highest BCUT2D eigenvalue weighted by atomic mass is 31.0. The second-order valence-corrected chi connectivity index (χ2v) is 13.8. The number of allylic oxidation sites excluding steroid dienone is 6. The molecule has 0 saturated heterocycles. The van der Waals surface area contributed by atoms with Gasteiger partial charge >= 0.3 is 0 Å². The van der Waals surface area contributed by atoms with Crippen molar-refractivity contribution in [1.29, 1.82) is 1.34 Å². The summed E-state index contributed by atoms with van der Waals surface area (Å²) in [7, 11) is 3.29. The molecule has 2 atom stereocenters. The van der Waals surface area contributed by atoms with E-state index in [1.54, 1.807) is 0 Å². The molecule has 0 rings (SSSR count). The number of Topliss-reactive ketones (excluding diaryl/α,β-unsaturated/α-hetero) is 2. The Morgan fingerprint density at radius 3 is 1.38 bits per heavy atom. The van der Waals surface area contributed by atoms with Crippen LogP contribution < -0.4 is 0 Å². The first-order valence-corrected chi connectivity index (χ1v) is 20.4. The third-order valence-corrected chi connectivity index (χ3v) is 7.62. The van der Waals surface area contributed by atoms with Gasteiger partial charge in [-0.1, -0.05) is 127 Å². The maximum absolute atomic E-state index is 11.0. The van der Waals surface area contributed by atoms with E-state index in [1.165, 1.54) is 78.2 Å². The summed E-state index contributed by atoms with van der Waals surface area (Å²) in [5.74, 6) is -0.0788. The summed E-state index contributed by atoms with van der Waals surface area (Å²) in [5.41, 5.74) is -0.320. The SMILES string of the molecule is CCCCC/C=C\C(/C=C\CCCCCCCC(=O)CO)OOC(C)(C)C.CCCCC/C=C\C/C=C\CCCCCCCC(=O)CO.[3H][B]P. The first-order valence-electron chi connectivity index (χ1n) is 20.3. The number of hydrogen-bond acceptors (Lipinski definition) is 6. The average Bonchev–Trinajstić information content (AvgIpc) is 3.10. The standard InChI is InChI=1S/C23H42O4.C19H34O2.BH3P/c1-5-6-7-11-15-18-22(26-27-23(2,3)4)19-16-13-10-8-9-12-14-17-21(25)20-24;1-2-3-4-5-6-7-8-9-10-11-12-13-14-15-16-17-19(21)18-20;1-2/h15-16,18-19,22,24H,5-14,17,20H2,1-4H3;6-7,9-10,20H,2-5,8,11-18H2,1H3;1H,2H2/b18-15-,19-16-;7-6-,10-9-;/i;;1T. The minimum Gasteiger partial charge on any atom is -0.389 e. The van der Waals surface area contributed by atoms with Crippen LogP contribution in [0.15, 0.2) is 48.6 Å². The molecule has 0 fully saturated rings. The van der Waals surface area contributed by atoms with Crippen LogP contribution in [0.5, 0.6) is 0 Å². The molecule has 0 amide bonds. The van der Waals surface area contributed by atoms with Gasteiger partial charge < -0.3 is 10.2 Å². The third kappa shape index (κ3) is 48.7. The number of ketones is 2. The lowest BCUT2D eigenvalue weighted by atomic mass is 10.1. The summed E-state index contributed by atoms with van der Waals surface area (Å²) in [5, 5.41) is 17.3. The normalized spacial score (nSPS) is 12.6. The molecule has 0 aromatic heterocycles. The molecule has 0 saturated carbocycles. The zero-order valence-corrected chi connectivity index (χ0v) is 34.2. The molecule has 2 unspecified atom stereocenters. The van der Waals surface area contributed by atoms with Crippen LogP contribution in [-0.4, -0.2) is 55.6 Å². The highest BCUT2D eigenvalue weighted by Crippen LogP contribution is 2.13. The van der Waals surface area contributed by atoms with Crippen molar-refractivity contribution in [3.8, 4) is 0 Å². The number of rotatable bonds is 32. The second kappa shape index (κ2) is 43.8. The van der Waals surface area contributed by atoms with E-state index < -0.39 is 0 Å². The lowest BCUT2D eigenvalue weighted by molar-refractivity contribution is -0.357. The van der Waals surface area contributed by atoms with Gasteiger partial charge in [0.1, 0.15) is 26.8 Å². The van der Waals surface area contributed by atoms with Crippen LogP contribution in [0.2, 0.25) is 0 Å². The van der Waals surface area contributed by atoms with Gasteiger partial charge in [0.25, 0.3) is 0 Å². The summed E-state index contributed by atoms with van der Waals surface area (Å²) in [6.45, 7) is 9.77. The quantitative estimate of drug-likeness (QED) is 0.0179. The molecule has 0 heterocycles. The molecule has 0 aromatic carbocycles. The first-order chi connectivity index (χ1) is 24.6. The van der Waals surface area contributed by atoms with Gasteiger partial charge in [-0.2, -0.15) is 9.12 Å². The number of carbonyl (C=O) groups excluding carboxylic acids is 2. The molecule has 50 heavy (non-hydrogen) atoms. The summed E-state index contributed by atoms with van der Waals surface area (Å²) in [6, 6.07) is 0. The van der Waals surface area contributed by atoms with Crippen LogP contribution in [0.4, 0.5) is 0 Å². The van der Waals surface area contributed by atoms with E-state index in [0.29, 0.717) is 12.8 Å². The predicted molar refractivity (Wildman–Crippen MR) is 221 cm³/mol. The van der Waals surface area contributed by atoms with Crippen molar-refractivity contribution < 1.29 is 29.6 Å². The van der Waals surface area contributed by atoms with Crippen LogP contribution in [0.3, 0.4) is 0 Å². The molecule has 0 aliphatic carbocycles.